The van der Waals surface area contributed by atoms with Gasteiger partial charge in [0, 0.05) is 23.9 Å². The van der Waals surface area contributed by atoms with Gasteiger partial charge in [-0.15, -0.1) is 0 Å². The summed E-state index contributed by atoms with van der Waals surface area (Å²) in [4.78, 5) is 8.48. The van der Waals surface area contributed by atoms with E-state index < -0.39 is 0 Å². The number of nitrogens with two attached hydrogens (primary N) is 1. The van der Waals surface area contributed by atoms with Gasteiger partial charge in [0.1, 0.15) is 11.6 Å². The molecule has 0 aliphatic rings. The van der Waals surface area contributed by atoms with E-state index in [-0.39, 0.29) is 5.75 Å². The number of phenolic OH excluding ortho intramolecular Hbond substituents is 1. The highest BCUT2D eigenvalue weighted by atomic mass is 16.3. The quantitative estimate of drug-likeness (QED) is 0.798. The van der Waals surface area contributed by atoms with Crippen molar-refractivity contribution < 1.29 is 5.11 Å². The molecule has 4 heteroatoms. The first-order chi connectivity index (χ1) is 7.70. The Hall–Kier alpha value is -1.94. The van der Waals surface area contributed by atoms with Crippen LogP contribution in [0, 0.1) is 6.92 Å². The van der Waals surface area contributed by atoms with Crippen molar-refractivity contribution in [3.05, 3.63) is 41.9 Å². The summed E-state index contributed by atoms with van der Waals surface area (Å²) >= 11 is 0. The van der Waals surface area contributed by atoms with E-state index in [1.54, 1.807) is 18.3 Å². The van der Waals surface area contributed by atoms with Gasteiger partial charge in [-0.2, -0.15) is 0 Å². The fourth-order valence-corrected chi connectivity index (χ4v) is 1.51. The van der Waals surface area contributed by atoms with Gasteiger partial charge in [-0.05, 0) is 31.2 Å². The average Bonchev–Trinajstić information content (AvgIpc) is 2.30. The predicted molar refractivity (Wildman–Crippen MR) is 61.8 cm³/mol. The van der Waals surface area contributed by atoms with Crippen molar-refractivity contribution in [2.24, 2.45) is 5.73 Å². The van der Waals surface area contributed by atoms with Crippen LogP contribution in [-0.2, 0) is 6.54 Å². The summed E-state index contributed by atoms with van der Waals surface area (Å²) in [6.45, 7) is 2.24. The van der Waals surface area contributed by atoms with Gasteiger partial charge in [0.25, 0.3) is 0 Å². The van der Waals surface area contributed by atoms with Crippen molar-refractivity contribution in [3.8, 4) is 17.0 Å². The van der Waals surface area contributed by atoms with E-state index in [2.05, 4.69) is 9.97 Å². The van der Waals surface area contributed by atoms with Gasteiger partial charge in [-0.25, -0.2) is 9.97 Å². The first-order valence-electron chi connectivity index (χ1n) is 5.02. The molecule has 1 aromatic heterocycles. The lowest BCUT2D eigenvalue weighted by atomic mass is 10.1. The number of aromatic hydroxyl groups is 1. The molecule has 0 spiro atoms. The van der Waals surface area contributed by atoms with Crippen molar-refractivity contribution >= 4 is 0 Å². The van der Waals surface area contributed by atoms with E-state index in [1.807, 2.05) is 19.1 Å². The summed E-state index contributed by atoms with van der Waals surface area (Å²) in [5, 5.41) is 9.23. The van der Waals surface area contributed by atoms with Crippen LogP contribution in [0.15, 0.2) is 30.5 Å². The molecule has 0 atom stereocenters. The molecule has 0 bridgehead atoms. The Bertz CT molecular complexity index is 494. The maximum Gasteiger partial charge on any atom is 0.125 e. The molecule has 0 aliphatic carbocycles. The summed E-state index contributed by atoms with van der Waals surface area (Å²) in [5.74, 6) is 0.948. The number of aromatic nitrogens is 2. The van der Waals surface area contributed by atoms with Crippen LogP contribution in [0.2, 0.25) is 0 Å². The van der Waals surface area contributed by atoms with Crippen LogP contribution in [0.25, 0.3) is 11.3 Å². The van der Waals surface area contributed by atoms with Gasteiger partial charge >= 0.3 is 0 Å². The molecule has 0 radical (unpaired) electrons. The highest BCUT2D eigenvalue weighted by Gasteiger charge is 2.06. The SMILES string of the molecule is Cc1ncc(CN)c(-c2ccc(O)cc2)n1. The third-order valence-corrected chi connectivity index (χ3v) is 2.35. The number of nitrogens with zero attached hydrogens (tertiary/aromatic N) is 2. The van der Waals surface area contributed by atoms with E-state index in [9.17, 15) is 5.11 Å². The smallest absolute Gasteiger partial charge is 0.125 e. The summed E-state index contributed by atoms with van der Waals surface area (Å²) < 4.78 is 0. The Morgan fingerprint density at radius 1 is 1.25 bits per heavy atom. The molecule has 0 aliphatic heterocycles. The Labute approximate surface area is 93.8 Å². The van der Waals surface area contributed by atoms with E-state index >= 15 is 0 Å². The molecule has 4 nitrogen and oxygen atoms in total. The van der Waals surface area contributed by atoms with Gasteiger partial charge in [0.15, 0.2) is 0 Å². The van der Waals surface area contributed by atoms with Gasteiger partial charge in [-0.3, -0.25) is 0 Å². The maximum absolute atomic E-state index is 9.23. The zero-order chi connectivity index (χ0) is 11.5. The van der Waals surface area contributed by atoms with E-state index in [4.69, 9.17) is 5.73 Å². The molecule has 0 unspecified atom stereocenters. The van der Waals surface area contributed by atoms with Crippen LogP contribution in [-0.4, -0.2) is 15.1 Å². The number of phenols is 1. The zero-order valence-corrected chi connectivity index (χ0v) is 9.01. The molecule has 1 heterocycles. The minimum absolute atomic E-state index is 0.240. The fourth-order valence-electron chi connectivity index (χ4n) is 1.51. The summed E-state index contributed by atoms with van der Waals surface area (Å²) in [5.41, 5.74) is 8.30. The monoisotopic (exact) mass is 215 g/mol. The molecule has 82 valence electrons. The van der Waals surface area contributed by atoms with E-state index in [0.717, 1.165) is 16.8 Å². The largest absolute Gasteiger partial charge is 0.508 e. The van der Waals surface area contributed by atoms with Crippen LogP contribution in [0.5, 0.6) is 5.75 Å². The Kier molecular flexibility index (Phi) is 2.83. The van der Waals surface area contributed by atoms with Crippen LogP contribution in [0.1, 0.15) is 11.4 Å². The molecule has 0 saturated heterocycles. The number of hydrogen-bond donors (Lipinski definition) is 2. The molecule has 0 amide bonds. The van der Waals surface area contributed by atoms with Crippen molar-refractivity contribution in [1.29, 1.82) is 0 Å². The zero-order valence-electron chi connectivity index (χ0n) is 9.01. The first-order valence-corrected chi connectivity index (χ1v) is 5.02. The van der Waals surface area contributed by atoms with Crippen LogP contribution >= 0.6 is 0 Å². The van der Waals surface area contributed by atoms with Crippen LogP contribution in [0.3, 0.4) is 0 Å². The van der Waals surface area contributed by atoms with Gasteiger partial charge in [-0.1, -0.05) is 0 Å². The molecule has 0 fully saturated rings. The molecule has 0 saturated carbocycles. The molecule has 3 N–H and O–H groups in total. The second kappa shape index (κ2) is 4.28. The minimum atomic E-state index is 0.240. The highest BCUT2D eigenvalue weighted by Crippen LogP contribution is 2.22. The Morgan fingerprint density at radius 2 is 1.94 bits per heavy atom. The van der Waals surface area contributed by atoms with E-state index in [1.165, 1.54) is 0 Å². The first kappa shape index (κ1) is 10.6. The standard InChI is InChI=1S/C12H13N3O/c1-8-14-7-10(6-13)12(15-8)9-2-4-11(16)5-3-9/h2-5,7,16H,6,13H2,1H3. The van der Waals surface area contributed by atoms with Gasteiger partial charge < -0.3 is 10.8 Å². The molecular weight excluding hydrogens is 202 g/mol. The number of hydrogen-bond acceptors (Lipinski definition) is 4. The lowest BCUT2D eigenvalue weighted by Crippen LogP contribution is -2.03. The van der Waals surface area contributed by atoms with Gasteiger partial charge in [0.05, 0.1) is 5.69 Å². The van der Waals surface area contributed by atoms with Crippen molar-refractivity contribution in [2.45, 2.75) is 13.5 Å². The Balaban J connectivity index is 2.53. The molecule has 1 aromatic carbocycles. The number of rotatable bonds is 2. The molecule has 2 rings (SSSR count). The lowest BCUT2D eigenvalue weighted by molar-refractivity contribution is 0.475. The minimum Gasteiger partial charge on any atom is -0.508 e. The van der Waals surface area contributed by atoms with Gasteiger partial charge in [0.2, 0.25) is 0 Å². The summed E-state index contributed by atoms with van der Waals surface area (Å²) in [7, 11) is 0. The molecule has 2 aromatic rings. The number of benzene rings is 1. The summed E-state index contributed by atoms with van der Waals surface area (Å²) in [6.07, 6.45) is 1.74. The Morgan fingerprint density at radius 3 is 2.56 bits per heavy atom. The summed E-state index contributed by atoms with van der Waals surface area (Å²) in [6, 6.07) is 6.90. The predicted octanol–water partition coefficient (Wildman–Crippen LogP) is 1.62. The normalized spacial score (nSPS) is 10.4. The topological polar surface area (TPSA) is 72.0 Å². The van der Waals surface area contributed by atoms with Crippen LogP contribution in [0.4, 0.5) is 0 Å². The molecule has 16 heavy (non-hydrogen) atoms. The van der Waals surface area contributed by atoms with Crippen LogP contribution < -0.4 is 5.73 Å². The van der Waals surface area contributed by atoms with E-state index in [0.29, 0.717) is 12.4 Å². The average molecular weight is 215 g/mol. The second-order valence-electron chi connectivity index (χ2n) is 3.54. The maximum atomic E-state index is 9.23. The number of aryl methyl sites for hydroxylation is 1. The molecular formula is C12H13N3O. The van der Waals surface area contributed by atoms with Crippen molar-refractivity contribution in [1.82, 2.24) is 9.97 Å². The lowest BCUT2D eigenvalue weighted by Gasteiger charge is -2.07. The van der Waals surface area contributed by atoms with Crippen molar-refractivity contribution in [3.63, 3.8) is 0 Å². The highest BCUT2D eigenvalue weighted by molar-refractivity contribution is 5.63. The third-order valence-electron chi connectivity index (χ3n) is 2.35. The second-order valence-corrected chi connectivity index (χ2v) is 3.54. The fraction of sp³-hybridized carbons (Fsp3) is 0.167. The van der Waals surface area contributed by atoms with Crippen molar-refractivity contribution in [2.75, 3.05) is 0 Å². The third kappa shape index (κ3) is 2.01.